The second-order valence-corrected chi connectivity index (χ2v) is 6.88. The van der Waals surface area contributed by atoms with Gasteiger partial charge in [-0.15, -0.1) is 0 Å². The van der Waals surface area contributed by atoms with Crippen LogP contribution in [0.3, 0.4) is 0 Å². The van der Waals surface area contributed by atoms with Gasteiger partial charge in [0.1, 0.15) is 11.6 Å². The van der Waals surface area contributed by atoms with Gasteiger partial charge in [-0.25, -0.2) is 4.39 Å². The Morgan fingerprint density at radius 3 is 2.14 bits per heavy atom. The average Bonchev–Trinajstić information content (AvgIpc) is 2.73. The molecule has 5 nitrogen and oxygen atoms in total. The lowest BCUT2D eigenvalue weighted by Crippen LogP contribution is -2.51. The number of carbonyl (C=O) groups excluding carboxylic acids is 2. The molecule has 0 aliphatic carbocycles. The van der Waals surface area contributed by atoms with Crippen LogP contribution in [0.1, 0.15) is 17.5 Å². The summed E-state index contributed by atoms with van der Waals surface area (Å²) in [5.41, 5.74) is 1.50. The molecule has 0 bridgehead atoms. The second kappa shape index (κ2) is 9.35. The van der Waals surface area contributed by atoms with Gasteiger partial charge in [-0.1, -0.05) is 30.3 Å². The van der Waals surface area contributed by atoms with Crippen LogP contribution in [0, 0.1) is 5.82 Å². The lowest BCUT2D eigenvalue weighted by molar-refractivity contribution is -0.139. The second-order valence-electron chi connectivity index (χ2n) is 6.88. The lowest BCUT2D eigenvalue weighted by Gasteiger charge is -2.35. The summed E-state index contributed by atoms with van der Waals surface area (Å²) in [7, 11) is 1.61. The monoisotopic (exact) mass is 384 g/mol. The number of aryl methyl sites for hydroxylation is 1. The topological polar surface area (TPSA) is 49.9 Å². The fourth-order valence-electron chi connectivity index (χ4n) is 3.34. The van der Waals surface area contributed by atoms with Crippen LogP contribution in [0.15, 0.2) is 48.5 Å². The van der Waals surface area contributed by atoms with Crippen molar-refractivity contribution in [3.05, 3.63) is 65.5 Å². The molecular formula is C22H25FN2O3. The maximum Gasteiger partial charge on any atom is 0.227 e. The molecule has 2 aromatic rings. The summed E-state index contributed by atoms with van der Waals surface area (Å²) in [6.45, 7) is 2.09. The van der Waals surface area contributed by atoms with E-state index in [-0.39, 0.29) is 24.1 Å². The zero-order valence-electron chi connectivity index (χ0n) is 16.1. The number of ether oxygens (including phenoxy) is 1. The summed E-state index contributed by atoms with van der Waals surface area (Å²) in [5.74, 6) is 0.553. The first-order chi connectivity index (χ1) is 13.6. The molecule has 1 aliphatic heterocycles. The van der Waals surface area contributed by atoms with E-state index in [4.69, 9.17) is 4.74 Å². The van der Waals surface area contributed by atoms with Crippen LogP contribution in [0.4, 0.5) is 4.39 Å². The van der Waals surface area contributed by atoms with Gasteiger partial charge in [0, 0.05) is 32.6 Å². The van der Waals surface area contributed by atoms with Crippen molar-refractivity contribution in [3.8, 4) is 5.75 Å². The zero-order valence-corrected chi connectivity index (χ0v) is 16.1. The van der Waals surface area contributed by atoms with E-state index in [1.165, 1.54) is 6.07 Å². The molecule has 0 radical (unpaired) electrons. The summed E-state index contributed by atoms with van der Waals surface area (Å²) < 4.78 is 18.8. The number of amides is 2. The number of methoxy groups -OCH3 is 1. The molecule has 2 amide bonds. The Morgan fingerprint density at radius 1 is 0.929 bits per heavy atom. The van der Waals surface area contributed by atoms with Crippen molar-refractivity contribution in [2.45, 2.75) is 19.3 Å². The molecule has 0 unspecified atom stereocenters. The van der Waals surface area contributed by atoms with E-state index >= 15 is 0 Å². The Bertz CT molecular complexity index is 815. The van der Waals surface area contributed by atoms with Crippen LogP contribution in [-0.2, 0) is 22.4 Å². The molecule has 1 heterocycles. The summed E-state index contributed by atoms with van der Waals surface area (Å²) in [6.07, 6.45) is 1.01. The minimum Gasteiger partial charge on any atom is -0.497 e. The predicted molar refractivity (Wildman–Crippen MR) is 105 cm³/mol. The highest BCUT2D eigenvalue weighted by Crippen LogP contribution is 2.14. The Balaban J connectivity index is 1.44. The average molecular weight is 384 g/mol. The van der Waals surface area contributed by atoms with Gasteiger partial charge < -0.3 is 14.5 Å². The fourth-order valence-corrected chi connectivity index (χ4v) is 3.34. The third-order valence-corrected chi connectivity index (χ3v) is 5.07. The number of carbonyl (C=O) groups is 2. The van der Waals surface area contributed by atoms with Crippen molar-refractivity contribution >= 4 is 11.8 Å². The van der Waals surface area contributed by atoms with E-state index in [0.29, 0.717) is 44.6 Å². The number of nitrogens with zero attached hydrogens (tertiary/aromatic N) is 2. The molecule has 0 aromatic heterocycles. The van der Waals surface area contributed by atoms with E-state index in [2.05, 4.69) is 0 Å². The summed E-state index contributed by atoms with van der Waals surface area (Å²) in [6, 6.07) is 14.0. The largest absolute Gasteiger partial charge is 0.497 e. The van der Waals surface area contributed by atoms with Gasteiger partial charge in [-0.2, -0.15) is 0 Å². The predicted octanol–water partition coefficient (Wildman–Crippen LogP) is 2.68. The van der Waals surface area contributed by atoms with Crippen molar-refractivity contribution < 1.29 is 18.7 Å². The molecule has 1 saturated heterocycles. The Kier molecular flexibility index (Phi) is 6.63. The molecule has 3 rings (SSSR count). The third kappa shape index (κ3) is 5.09. The van der Waals surface area contributed by atoms with E-state index in [1.54, 1.807) is 35.1 Å². The number of rotatable bonds is 6. The molecule has 0 spiro atoms. The van der Waals surface area contributed by atoms with Crippen molar-refractivity contribution in [2.75, 3.05) is 33.3 Å². The van der Waals surface area contributed by atoms with Crippen molar-refractivity contribution in [2.24, 2.45) is 0 Å². The molecule has 0 saturated carbocycles. The number of benzene rings is 2. The first kappa shape index (κ1) is 19.9. The van der Waals surface area contributed by atoms with Gasteiger partial charge in [0.25, 0.3) is 0 Å². The molecule has 0 atom stereocenters. The van der Waals surface area contributed by atoms with Crippen LogP contribution in [0.2, 0.25) is 0 Å². The minimum absolute atomic E-state index is 0.00510. The Labute approximate surface area is 164 Å². The van der Waals surface area contributed by atoms with Crippen LogP contribution in [0.25, 0.3) is 0 Å². The zero-order chi connectivity index (χ0) is 19.9. The highest BCUT2D eigenvalue weighted by molar-refractivity contribution is 5.80. The van der Waals surface area contributed by atoms with E-state index in [1.807, 2.05) is 24.3 Å². The van der Waals surface area contributed by atoms with Crippen molar-refractivity contribution in [1.29, 1.82) is 0 Å². The summed E-state index contributed by atoms with van der Waals surface area (Å²) >= 11 is 0. The molecule has 28 heavy (non-hydrogen) atoms. The molecule has 2 aromatic carbocycles. The van der Waals surface area contributed by atoms with Gasteiger partial charge in [-0.3, -0.25) is 9.59 Å². The molecule has 148 valence electrons. The van der Waals surface area contributed by atoms with Gasteiger partial charge in [0.2, 0.25) is 11.8 Å². The van der Waals surface area contributed by atoms with Gasteiger partial charge in [0.15, 0.2) is 0 Å². The van der Waals surface area contributed by atoms with Crippen molar-refractivity contribution in [1.82, 2.24) is 9.80 Å². The number of hydrogen-bond acceptors (Lipinski definition) is 3. The third-order valence-electron chi connectivity index (χ3n) is 5.07. The van der Waals surface area contributed by atoms with Crippen LogP contribution in [0.5, 0.6) is 5.75 Å². The van der Waals surface area contributed by atoms with Crippen LogP contribution < -0.4 is 4.74 Å². The Hall–Kier alpha value is -2.89. The van der Waals surface area contributed by atoms with Gasteiger partial charge in [-0.05, 0) is 35.7 Å². The fraction of sp³-hybridized carbons (Fsp3) is 0.364. The normalized spacial score (nSPS) is 14.1. The van der Waals surface area contributed by atoms with E-state index in [9.17, 15) is 14.0 Å². The highest BCUT2D eigenvalue weighted by atomic mass is 19.1. The smallest absolute Gasteiger partial charge is 0.227 e. The summed E-state index contributed by atoms with van der Waals surface area (Å²) in [4.78, 5) is 28.5. The van der Waals surface area contributed by atoms with Gasteiger partial charge >= 0.3 is 0 Å². The van der Waals surface area contributed by atoms with Gasteiger partial charge in [0.05, 0.1) is 13.5 Å². The molecule has 1 fully saturated rings. The highest BCUT2D eigenvalue weighted by Gasteiger charge is 2.24. The maximum atomic E-state index is 13.7. The lowest BCUT2D eigenvalue weighted by atomic mass is 10.1. The first-order valence-electron chi connectivity index (χ1n) is 9.48. The Morgan fingerprint density at radius 2 is 1.54 bits per heavy atom. The van der Waals surface area contributed by atoms with Crippen LogP contribution >= 0.6 is 0 Å². The minimum atomic E-state index is -0.274. The van der Waals surface area contributed by atoms with E-state index in [0.717, 1.165) is 11.3 Å². The molecule has 0 N–H and O–H groups in total. The standard InChI is InChI=1S/C22H25FN2O3/c1-28-19-9-6-17(7-10-19)16-22(27)25-14-12-24(13-15-25)21(26)11-8-18-4-2-3-5-20(18)23/h2-7,9-10H,8,11-16H2,1H3. The number of piperazine rings is 1. The van der Waals surface area contributed by atoms with Crippen LogP contribution in [-0.4, -0.2) is 54.9 Å². The number of halogens is 1. The van der Waals surface area contributed by atoms with E-state index < -0.39 is 0 Å². The molecule has 6 heteroatoms. The summed E-state index contributed by atoms with van der Waals surface area (Å²) in [5, 5.41) is 0. The first-order valence-corrected chi connectivity index (χ1v) is 9.48. The molecular weight excluding hydrogens is 359 g/mol. The maximum absolute atomic E-state index is 13.7. The quantitative estimate of drug-likeness (QED) is 0.769. The number of hydrogen-bond donors (Lipinski definition) is 0. The molecule has 1 aliphatic rings. The SMILES string of the molecule is COc1ccc(CC(=O)N2CCN(C(=O)CCc3ccccc3F)CC2)cc1. The van der Waals surface area contributed by atoms with Crippen molar-refractivity contribution in [3.63, 3.8) is 0 Å².